The fourth-order valence-corrected chi connectivity index (χ4v) is 4.14. The zero-order valence-electron chi connectivity index (χ0n) is 13.8. The Hall–Kier alpha value is -1.36. The number of rotatable bonds is 6. The Morgan fingerprint density at radius 2 is 1.83 bits per heavy atom. The molecular formula is C19H23ClN2OS. The van der Waals surface area contributed by atoms with Crippen molar-refractivity contribution in [3.05, 3.63) is 46.3 Å². The number of benzene rings is 1. The number of piperidine rings is 1. The molecule has 0 spiro atoms. The van der Waals surface area contributed by atoms with Gasteiger partial charge in [-0.3, -0.25) is 4.79 Å². The van der Waals surface area contributed by atoms with Crippen LogP contribution in [0, 0.1) is 0 Å². The van der Waals surface area contributed by atoms with Crippen LogP contribution in [0.5, 0.6) is 0 Å². The summed E-state index contributed by atoms with van der Waals surface area (Å²) in [5.74, 6) is 0.108. The predicted molar refractivity (Wildman–Crippen MR) is 102 cm³/mol. The zero-order chi connectivity index (χ0) is 16.8. The molecular weight excluding hydrogens is 340 g/mol. The summed E-state index contributed by atoms with van der Waals surface area (Å²) < 4.78 is 0. The summed E-state index contributed by atoms with van der Waals surface area (Å²) in [6, 6.07) is 11.9. The number of nitrogens with zero attached hydrogens (tertiary/aromatic N) is 1. The van der Waals surface area contributed by atoms with Gasteiger partial charge in [0.15, 0.2) is 0 Å². The molecule has 3 nitrogen and oxygen atoms in total. The minimum absolute atomic E-state index is 0.108. The molecule has 1 aliphatic rings. The molecule has 0 saturated carbocycles. The first kappa shape index (κ1) is 17.5. The molecule has 1 aromatic carbocycles. The highest BCUT2D eigenvalue weighted by molar-refractivity contribution is 7.15. The van der Waals surface area contributed by atoms with Crippen molar-refractivity contribution < 1.29 is 4.79 Å². The average molecular weight is 363 g/mol. The van der Waals surface area contributed by atoms with E-state index in [-0.39, 0.29) is 5.91 Å². The van der Waals surface area contributed by atoms with E-state index in [4.69, 9.17) is 11.6 Å². The third-order valence-corrected chi connectivity index (χ3v) is 5.71. The van der Waals surface area contributed by atoms with Crippen molar-refractivity contribution in [1.29, 1.82) is 0 Å². The number of carbonyl (C=O) groups excluding carboxylic acids is 1. The minimum Gasteiger partial charge on any atom is -0.355 e. The molecule has 3 rings (SSSR count). The van der Waals surface area contributed by atoms with E-state index in [9.17, 15) is 4.79 Å². The second kappa shape index (κ2) is 8.65. The molecule has 1 fully saturated rings. The smallest absolute Gasteiger partial charge is 0.225 e. The second-order valence-corrected chi connectivity index (χ2v) is 7.81. The maximum absolute atomic E-state index is 12.1. The molecule has 1 aliphatic heterocycles. The fourth-order valence-electron chi connectivity index (χ4n) is 3.00. The summed E-state index contributed by atoms with van der Waals surface area (Å²) in [6.07, 6.45) is 4.38. The van der Waals surface area contributed by atoms with E-state index in [0.717, 1.165) is 28.6 Å². The molecule has 0 atom stereocenters. The van der Waals surface area contributed by atoms with Gasteiger partial charge >= 0.3 is 0 Å². The van der Waals surface area contributed by atoms with Crippen molar-refractivity contribution in [2.45, 2.75) is 25.7 Å². The molecule has 128 valence electrons. The maximum atomic E-state index is 12.1. The van der Waals surface area contributed by atoms with Crippen LogP contribution in [0.1, 0.15) is 24.1 Å². The number of likely N-dealkylation sites (tertiary alicyclic amines) is 1. The van der Waals surface area contributed by atoms with Crippen LogP contribution in [-0.4, -0.2) is 37.0 Å². The van der Waals surface area contributed by atoms with Gasteiger partial charge in [-0.05, 0) is 55.8 Å². The molecule has 1 amide bonds. The van der Waals surface area contributed by atoms with Crippen LogP contribution in [0.3, 0.4) is 0 Å². The van der Waals surface area contributed by atoms with Gasteiger partial charge in [0.1, 0.15) is 0 Å². The second-order valence-electron chi connectivity index (χ2n) is 6.20. The molecule has 1 N–H and O–H groups in total. The lowest BCUT2D eigenvalue weighted by Crippen LogP contribution is -2.38. The highest BCUT2D eigenvalue weighted by atomic mass is 35.5. The monoisotopic (exact) mass is 362 g/mol. The van der Waals surface area contributed by atoms with Gasteiger partial charge in [0, 0.05) is 27.9 Å². The van der Waals surface area contributed by atoms with Crippen LogP contribution < -0.4 is 5.32 Å². The summed E-state index contributed by atoms with van der Waals surface area (Å²) in [6.45, 7) is 4.05. The number of nitrogens with one attached hydrogen (secondary N) is 1. The number of hydrogen-bond donors (Lipinski definition) is 1. The highest BCUT2D eigenvalue weighted by Crippen LogP contribution is 2.29. The third kappa shape index (κ3) is 5.07. The molecule has 1 saturated heterocycles. The first-order valence-corrected chi connectivity index (χ1v) is 9.74. The number of hydrogen-bond acceptors (Lipinski definition) is 3. The van der Waals surface area contributed by atoms with Gasteiger partial charge in [-0.15, -0.1) is 11.3 Å². The number of carbonyl (C=O) groups is 1. The van der Waals surface area contributed by atoms with Crippen LogP contribution in [0.4, 0.5) is 0 Å². The topological polar surface area (TPSA) is 32.3 Å². The van der Waals surface area contributed by atoms with Crippen molar-refractivity contribution in [1.82, 2.24) is 10.2 Å². The molecule has 5 heteroatoms. The van der Waals surface area contributed by atoms with Crippen molar-refractivity contribution in [3.8, 4) is 10.4 Å². The van der Waals surface area contributed by atoms with Crippen molar-refractivity contribution in [2.24, 2.45) is 0 Å². The van der Waals surface area contributed by atoms with Gasteiger partial charge in [-0.25, -0.2) is 0 Å². The van der Waals surface area contributed by atoms with Crippen LogP contribution in [-0.2, 0) is 11.2 Å². The van der Waals surface area contributed by atoms with Crippen molar-refractivity contribution in [2.75, 3.05) is 26.2 Å². The minimum atomic E-state index is 0.108. The molecule has 0 radical (unpaired) electrons. The van der Waals surface area contributed by atoms with Crippen LogP contribution in [0.25, 0.3) is 10.4 Å². The average Bonchev–Trinajstić information content (AvgIpc) is 3.05. The summed E-state index contributed by atoms with van der Waals surface area (Å²) >= 11 is 7.59. The van der Waals surface area contributed by atoms with Crippen LogP contribution in [0.15, 0.2) is 36.4 Å². The van der Waals surface area contributed by atoms with Gasteiger partial charge < -0.3 is 10.2 Å². The molecule has 2 heterocycles. The number of amides is 1. The van der Waals surface area contributed by atoms with Gasteiger partial charge in [0.2, 0.25) is 5.91 Å². The first-order chi connectivity index (χ1) is 11.7. The third-order valence-electron chi connectivity index (χ3n) is 4.32. The molecule has 0 unspecified atom stereocenters. The Labute approximate surface area is 152 Å². The van der Waals surface area contributed by atoms with E-state index in [2.05, 4.69) is 16.3 Å². The zero-order valence-corrected chi connectivity index (χ0v) is 15.3. The summed E-state index contributed by atoms with van der Waals surface area (Å²) in [5.41, 5.74) is 1.14. The van der Waals surface area contributed by atoms with E-state index in [0.29, 0.717) is 6.42 Å². The van der Waals surface area contributed by atoms with Gasteiger partial charge in [0.25, 0.3) is 0 Å². The Balaban J connectivity index is 1.45. The van der Waals surface area contributed by atoms with E-state index in [1.165, 1.54) is 37.2 Å². The van der Waals surface area contributed by atoms with Crippen molar-refractivity contribution in [3.63, 3.8) is 0 Å². The van der Waals surface area contributed by atoms with E-state index in [1.807, 2.05) is 30.3 Å². The standard InChI is InChI=1S/C19H23ClN2OS/c20-16-6-4-15(5-7-16)18-9-8-17(24-18)14-19(23)21-10-13-22-11-2-1-3-12-22/h4-9H,1-3,10-14H2,(H,21,23). The van der Waals surface area contributed by atoms with Gasteiger partial charge in [-0.1, -0.05) is 30.2 Å². The Bertz CT molecular complexity index is 662. The quantitative estimate of drug-likeness (QED) is 0.834. The SMILES string of the molecule is O=C(Cc1ccc(-c2ccc(Cl)cc2)s1)NCCN1CCCCC1. The molecule has 0 aliphatic carbocycles. The molecule has 24 heavy (non-hydrogen) atoms. The van der Waals surface area contributed by atoms with E-state index in [1.54, 1.807) is 11.3 Å². The molecule has 0 bridgehead atoms. The lowest BCUT2D eigenvalue weighted by Gasteiger charge is -2.26. The molecule has 2 aromatic rings. The van der Waals surface area contributed by atoms with E-state index >= 15 is 0 Å². The lowest BCUT2D eigenvalue weighted by molar-refractivity contribution is -0.120. The highest BCUT2D eigenvalue weighted by Gasteiger charge is 2.11. The predicted octanol–water partition coefficient (Wildman–Crippen LogP) is 4.21. The Kier molecular flexibility index (Phi) is 6.30. The Morgan fingerprint density at radius 3 is 2.58 bits per heavy atom. The number of thiophene rings is 1. The largest absolute Gasteiger partial charge is 0.355 e. The summed E-state index contributed by atoms with van der Waals surface area (Å²) in [4.78, 5) is 16.8. The maximum Gasteiger partial charge on any atom is 0.225 e. The number of halogens is 1. The molecule has 1 aromatic heterocycles. The normalized spacial score (nSPS) is 15.4. The van der Waals surface area contributed by atoms with E-state index < -0.39 is 0 Å². The summed E-state index contributed by atoms with van der Waals surface area (Å²) in [5, 5.41) is 3.78. The van der Waals surface area contributed by atoms with Crippen LogP contribution >= 0.6 is 22.9 Å². The van der Waals surface area contributed by atoms with Gasteiger partial charge in [-0.2, -0.15) is 0 Å². The van der Waals surface area contributed by atoms with Crippen LogP contribution in [0.2, 0.25) is 5.02 Å². The van der Waals surface area contributed by atoms with Crippen molar-refractivity contribution >= 4 is 28.8 Å². The summed E-state index contributed by atoms with van der Waals surface area (Å²) in [7, 11) is 0. The Morgan fingerprint density at radius 1 is 1.08 bits per heavy atom. The fraction of sp³-hybridized carbons (Fsp3) is 0.421. The van der Waals surface area contributed by atoms with Gasteiger partial charge in [0.05, 0.1) is 6.42 Å². The lowest BCUT2D eigenvalue weighted by atomic mass is 10.1. The first-order valence-electron chi connectivity index (χ1n) is 8.54.